The van der Waals surface area contributed by atoms with Crippen molar-refractivity contribution in [2.75, 3.05) is 84.3 Å². The summed E-state index contributed by atoms with van der Waals surface area (Å²) in [5, 5.41) is 16.2. The van der Waals surface area contributed by atoms with Crippen molar-refractivity contribution < 1.29 is 46.9 Å². The van der Waals surface area contributed by atoms with Gasteiger partial charge >= 0.3 is 0 Å². The van der Waals surface area contributed by atoms with Crippen LogP contribution in [-0.2, 0) is 57.9 Å². The van der Waals surface area contributed by atoms with Crippen molar-refractivity contribution in [3.8, 4) is 16.2 Å². The van der Waals surface area contributed by atoms with Gasteiger partial charge in [0.2, 0.25) is 23.6 Å². The number of likely N-dealkylation sites (tertiary alicyclic amines) is 1. The number of nitrogens with zero attached hydrogens (tertiary/aromatic N) is 7. The first-order valence-electron chi connectivity index (χ1n) is 28.7. The summed E-state index contributed by atoms with van der Waals surface area (Å²) < 4.78 is 43.5. The fourth-order valence-electron chi connectivity index (χ4n) is 10.9. The first kappa shape index (κ1) is 63.0. The van der Waals surface area contributed by atoms with Gasteiger partial charge in [-0.15, -0.1) is 11.3 Å². The number of aliphatic hydroxyl groups excluding tert-OH is 1. The quantitative estimate of drug-likeness (QED) is 0.0549. The lowest BCUT2D eigenvalue weighted by Crippen LogP contribution is -2.57. The topological polar surface area (TPSA) is 226 Å². The molecule has 19 nitrogen and oxygen atoms in total. The zero-order chi connectivity index (χ0) is 59.4. The Bertz CT molecular complexity index is 3140. The first-order valence-corrected chi connectivity index (χ1v) is 31.5. The summed E-state index contributed by atoms with van der Waals surface area (Å²) in [5.41, 5.74) is 7.21. The number of carbonyl (C=O) groups is 4. The molecule has 0 bridgehead atoms. The number of piperidine rings is 1. The summed E-state index contributed by atoms with van der Waals surface area (Å²) in [6.45, 7) is 16.6. The second-order valence-corrected chi connectivity index (χ2v) is 26.7. The molecule has 83 heavy (non-hydrogen) atoms. The molecule has 3 aromatic carbocycles. The zero-order valence-electron chi connectivity index (χ0n) is 48.8. The van der Waals surface area contributed by atoms with Gasteiger partial charge < -0.3 is 44.7 Å². The SMILES string of the molecule is COc1cc(N2CCC(N3CCN(C(=O)CCOCCOCCC(=O)N[C@H](C(=O)N4C[C@H](O)C[C@H]4C(=O)NCc4ccc(-c5scnc5C)cc4)C(C)(C)C)CC3)CC2)ccc1Cc1ncc(Cl)c(Cc2ccccc2S(=O)(=O)C(C)C)n1. The summed E-state index contributed by atoms with van der Waals surface area (Å²) >= 11 is 8.14. The lowest BCUT2D eigenvalue weighted by molar-refractivity contribution is -0.144. The number of piperazine rings is 1. The average Bonchev–Trinajstić information content (AvgIpc) is 4.29. The van der Waals surface area contributed by atoms with Gasteiger partial charge in [-0.1, -0.05) is 80.9 Å². The number of hydrogen-bond donors (Lipinski definition) is 3. The van der Waals surface area contributed by atoms with Crippen LogP contribution in [0.25, 0.3) is 10.4 Å². The van der Waals surface area contributed by atoms with Crippen LogP contribution in [-0.4, -0.2) is 176 Å². The highest BCUT2D eigenvalue weighted by molar-refractivity contribution is 7.92. The van der Waals surface area contributed by atoms with Crippen molar-refractivity contribution in [1.29, 1.82) is 0 Å². The number of β-amino-alcohol motifs (C(OH)–C–C–N with tert-alkyl or cyclic N) is 1. The van der Waals surface area contributed by atoms with Gasteiger partial charge in [-0.25, -0.2) is 23.4 Å². The van der Waals surface area contributed by atoms with E-state index in [4.69, 9.17) is 30.8 Å². The van der Waals surface area contributed by atoms with E-state index in [1.807, 2.05) is 68.4 Å². The number of sulfone groups is 1. The number of rotatable bonds is 24. The molecule has 3 saturated heterocycles. The Morgan fingerprint density at radius 3 is 2.23 bits per heavy atom. The van der Waals surface area contributed by atoms with E-state index in [-0.39, 0.29) is 87.8 Å². The highest BCUT2D eigenvalue weighted by atomic mass is 35.5. The molecule has 0 unspecified atom stereocenters. The van der Waals surface area contributed by atoms with Gasteiger partial charge in [-0.2, -0.15) is 0 Å². The summed E-state index contributed by atoms with van der Waals surface area (Å²) in [6.07, 6.45) is 3.71. The molecule has 0 aliphatic carbocycles. The molecule has 3 atom stereocenters. The zero-order valence-corrected chi connectivity index (χ0v) is 51.2. The van der Waals surface area contributed by atoms with Gasteiger partial charge in [0.05, 0.1) is 83.0 Å². The van der Waals surface area contributed by atoms with Crippen LogP contribution in [0.4, 0.5) is 5.69 Å². The monoisotopic (exact) mass is 1200 g/mol. The maximum absolute atomic E-state index is 14.0. The number of hydrogen-bond acceptors (Lipinski definition) is 16. The van der Waals surface area contributed by atoms with E-state index < -0.39 is 44.6 Å². The number of amides is 4. The molecule has 5 aromatic rings. The second-order valence-electron chi connectivity index (χ2n) is 22.9. The van der Waals surface area contributed by atoms with Crippen LogP contribution in [0.2, 0.25) is 5.02 Å². The summed E-state index contributed by atoms with van der Waals surface area (Å²) in [6, 6.07) is 19.7. The third-order valence-electron chi connectivity index (χ3n) is 15.8. The summed E-state index contributed by atoms with van der Waals surface area (Å²) in [5.74, 6) is 0.158. The Morgan fingerprint density at radius 2 is 1.57 bits per heavy atom. The van der Waals surface area contributed by atoms with Crippen LogP contribution in [0.5, 0.6) is 5.75 Å². The van der Waals surface area contributed by atoms with Gasteiger partial charge in [-0.3, -0.25) is 24.1 Å². The maximum Gasteiger partial charge on any atom is 0.246 e. The normalized spacial score (nSPS) is 17.7. The molecule has 3 aliphatic heterocycles. The van der Waals surface area contributed by atoms with Crippen molar-refractivity contribution in [2.24, 2.45) is 5.41 Å². The fourth-order valence-corrected chi connectivity index (χ4v) is 13.2. The van der Waals surface area contributed by atoms with E-state index in [1.165, 1.54) is 4.90 Å². The van der Waals surface area contributed by atoms with E-state index >= 15 is 0 Å². The van der Waals surface area contributed by atoms with E-state index in [0.29, 0.717) is 47.7 Å². The smallest absolute Gasteiger partial charge is 0.246 e. The lowest BCUT2D eigenvalue weighted by atomic mass is 9.85. The number of benzene rings is 3. The Hall–Kier alpha value is -6.07. The van der Waals surface area contributed by atoms with Gasteiger partial charge in [0.15, 0.2) is 9.84 Å². The Kier molecular flexibility index (Phi) is 21.8. The number of ether oxygens (including phenoxy) is 3. The maximum atomic E-state index is 14.0. The molecule has 22 heteroatoms. The first-order chi connectivity index (χ1) is 39.7. The molecule has 8 rings (SSSR count). The third kappa shape index (κ3) is 16.4. The predicted molar refractivity (Wildman–Crippen MR) is 320 cm³/mol. The van der Waals surface area contributed by atoms with Crippen LogP contribution in [0.3, 0.4) is 0 Å². The van der Waals surface area contributed by atoms with Crippen LogP contribution in [0.15, 0.2) is 83.3 Å². The Labute approximate surface area is 497 Å². The van der Waals surface area contributed by atoms with Crippen LogP contribution < -0.4 is 20.3 Å². The number of carbonyl (C=O) groups excluding carboxylic acids is 4. The molecule has 4 amide bonds. The number of methoxy groups -OCH3 is 1. The molecule has 5 heterocycles. The molecule has 0 radical (unpaired) electrons. The molecular weight excluding hydrogens is 1120 g/mol. The molecule has 3 aliphatic rings. The van der Waals surface area contributed by atoms with Gasteiger partial charge in [0.1, 0.15) is 23.7 Å². The minimum Gasteiger partial charge on any atom is -0.496 e. The lowest BCUT2D eigenvalue weighted by Gasteiger charge is -2.43. The van der Waals surface area contributed by atoms with Crippen molar-refractivity contribution in [2.45, 2.75) is 127 Å². The summed E-state index contributed by atoms with van der Waals surface area (Å²) in [4.78, 5) is 77.0. The second kappa shape index (κ2) is 28.7. The van der Waals surface area contributed by atoms with E-state index in [2.05, 4.69) is 48.6 Å². The molecule has 3 fully saturated rings. The van der Waals surface area contributed by atoms with Crippen molar-refractivity contribution in [3.05, 3.63) is 117 Å². The minimum atomic E-state index is -3.51. The van der Waals surface area contributed by atoms with Crippen molar-refractivity contribution in [1.82, 2.24) is 40.3 Å². The Balaban J connectivity index is 0.698. The van der Waals surface area contributed by atoms with Crippen molar-refractivity contribution in [3.63, 3.8) is 0 Å². The molecule has 0 spiro atoms. The van der Waals surface area contributed by atoms with Gasteiger partial charge in [0.25, 0.3) is 0 Å². The largest absolute Gasteiger partial charge is 0.496 e. The fraction of sp³-hybridized carbons (Fsp3) is 0.525. The van der Waals surface area contributed by atoms with Gasteiger partial charge in [0, 0.05) is 108 Å². The molecule has 448 valence electrons. The van der Waals surface area contributed by atoms with E-state index in [0.717, 1.165) is 77.7 Å². The minimum absolute atomic E-state index is 0.00250. The highest BCUT2D eigenvalue weighted by Gasteiger charge is 2.44. The van der Waals surface area contributed by atoms with Crippen LogP contribution in [0, 0.1) is 12.3 Å². The number of aromatic nitrogens is 3. The van der Waals surface area contributed by atoms with Crippen molar-refractivity contribution >= 4 is 62.1 Å². The number of halogens is 1. The molecule has 0 saturated carbocycles. The number of aliphatic hydroxyl groups is 1. The predicted octanol–water partition coefficient (Wildman–Crippen LogP) is 6.67. The molecule has 3 N–H and O–H groups in total. The number of anilines is 1. The van der Waals surface area contributed by atoms with E-state index in [9.17, 15) is 32.7 Å². The highest BCUT2D eigenvalue weighted by Crippen LogP contribution is 2.33. The van der Waals surface area contributed by atoms with Crippen LogP contribution >= 0.6 is 22.9 Å². The molecular formula is C61H80ClN9O10S2. The average molecular weight is 1200 g/mol. The number of nitrogens with one attached hydrogen (secondary N) is 2. The third-order valence-corrected chi connectivity index (χ3v) is 19.3. The Morgan fingerprint density at radius 1 is 0.867 bits per heavy atom. The van der Waals surface area contributed by atoms with E-state index in [1.54, 1.807) is 56.7 Å². The van der Waals surface area contributed by atoms with Crippen LogP contribution in [0.1, 0.15) is 101 Å². The standard InChI is InChI=1S/C61H80ClN9O10S2/c1-40(2)83(77,78)53-11-9-8-10-45(53)32-50-49(62)37-63-54(66-50)33-44-16-17-47(34-52(44)79-7)68-22-18-46(19-23-68)69-24-26-70(27-25-69)56(74)21-29-81-31-30-80-28-20-55(73)67-58(61(4,5)6)60(76)71-38-48(72)35-51(71)59(75)64-36-42-12-14-43(15-13-42)57-41(3)65-39-82-57/h8-17,34,37,39-40,46,48,51,58,72H,18-33,35-36,38H2,1-7H3,(H,64,75)(H,67,73)/t48-,51+,58-/m1/s1. The summed E-state index contributed by atoms with van der Waals surface area (Å²) in [7, 11) is -1.85. The number of thiazole rings is 1. The molecule has 2 aromatic heterocycles. The number of aryl methyl sites for hydroxylation is 1. The van der Waals surface area contributed by atoms with Gasteiger partial charge in [-0.05, 0) is 67.9 Å².